The minimum absolute atomic E-state index is 0.111. The van der Waals surface area contributed by atoms with E-state index in [1.165, 1.54) is 6.20 Å². The van der Waals surface area contributed by atoms with Crippen LogP contribution in [0.5, 0.6) is 11.5 Å². The number of hydrogen-bond acceptors (Lipinski definition) is 6. The van der Waals surface area contributed by atoms with E-state index >= 15 is 0 Å². The molecule has 0 saturated carbocycles. The number of amides is 4. The number of urea groups is 1. The summed E-state index contributed by atoms with van der Waals surface area (Å²) in [4.78, 5) is 42.7. The number of aromatic nitrogens is 1. The minimum atomic E-state index is -1.34. The van der Waals surface area contributed by atoms with E-state index in [1.54, 1.807) is 37.3 Å². The summed E-state index contributed by atoms with van der Waals surface area (Å²) in [6.07, 6.45) is 2.23. The van der Waals surface area contributed by atoms with Gasteiger partial charge in [0, 0.05) is 12.6 Å². The molecular formula is C20H19ClN4O5. The molecular weight excluding hydrogens is 412 g/mol. The Balaban J connectivity index is 1.52. The highest BCUT2D eigenvalue weighted by atomic mass is 35.5. The molecule has 2 aliphatic heterocycles. The zero-order valence-electron chi connectivity index (χ0n) is 16.1. The van der Waals surface area contributed by atoms with E-state index in [1.807, 2.05) is 0 Å². The monoisotopic (exact) mass is 430 g/mol. The maximum atomic E-state index is 13.1. The molecule has 30 heavy (non-hydrogen) atoms. The molecule has 3 heterocycles. The molecule has 0 spiro atoms. The summed E-state index contributed by atoms with van der Waals surface area (Å²) in [6, 6.07) is 7.60. The van der Waals surface area contributed by atoms with Crippen LogP contribution in [-0.4, -0.2) is 47.5 Å². The van der Waals surface area contributed by atoms with Gasteiger partial charge in [-0.2, -0.15) is 0 Å². The average molecular weight is 431 g/mol. The Morgan fingerprint density at radius 1 is 1.27 bits per heavy atom. The molecule has 156 valence electrons. The number of carbonyl (C=O) groups is 3. The lowest BCUT2D eigenvalue weighted by Gasteiger charge is -2.23. The molecule has 1 atom stereocenters. The first kappa shape index (κ1) is 20.0. The van der Waals surface area contributed by atoms with Crippen LogP contribution in [0, 0.1) is 0 Å². The zero-order valence-corrected chi connectivity index (χ0v) is 16.9. The zero-order chi connectivity index (χ0) is 21.3. The van der Waals surface area contributed by atoms with E-state index in [0.717, 1.165) is 11.3 Å². The van der Waals surface area contributed by atoms with Gasteiger partial charge in [0.25, 0.3) is 5.91 Å². The van der Waals surface area contributed by atoms with Gasteiger partial charge < -0.3 is 20.1 Å². The van der Waals surface area contributed by atoms with Crippen molar-refractivity contribution in [3.63, 3.8) is 0 Å². The van der Waals surface area contributed by atoms with Crippen molar-refractivity contribution < 1.29 is 23.9 Å². The van der Waals surface area contributed by atoms with E-state index in [9.17, 15) is 14.4 Å². The van der Waals surface area contributed by atoms with E-state index in [2.05, 4.69) is 15.6 Å². The molecule has 10 heteroatoms. The third-order valence-corrected chi connectivity index (χ3v) is 5.24. The van der Waals surface area contributed by atoms with Gasteiger partial charge in [0.05, 0.1) is 18.9 Å². The first-order valence-electron chi connectivity index (χ1n) is 9.33. The first-order valence-corrected chi connectivity index (χ1v) is 9.71. The van der Waals surface area contributed by atoms with Gasteiger partial charge in [-0.15, -0.1) is 0 Å². The van der Waals surface area contributed by atoms with Gasteiger partial charge in [0.15, 0.2) is 16.7 Å². The second-order valence-electron chi connectivity index (χ2n) is 7.05. The molecule has 1 unspecified atom stereocenters. The highest BCUT2D eigenvalue weighted by molar-refractivity contribution is 6.32. The predicted octanol–water partition coefficient (Wildman–Crippen LogP) is 2.30. The Morgan fingerprint density at radius 3 is 2.80 bits per heavy atom. The predicted molar refractivity (Wildman–Crippen MR) is 108 cm³/mol. The van der Waals surface area contributed by atoms with E-state index in [-0.39, 0.29) is 5.15 Å². The number of halogens is 1. The van der Waals surface area contributed by atoms with Gasteiger partial charge in [0.1, 0.15) is 12.1 Å². The molecule has 0 aliphatic carbocycles. The molecule has 1 aromatic carbocycles. The van der Waals surface area contributed by atoms with E-state index in [4.69, 9.17) is 21.1 Å². The van der Waals surface area contributed by atoms with Crippen molar-refractivity contribution in [1.29, 1.82) is 0 Å². The lowest BCUT2D eigenvalue weighted by Crippen LogP contribution is -2.42. The van der Waals surface area contributed by atoms with Crippen molar-refractivity contribution in [2.24, 2.45) is 0 Å². The summed E-state index contributed by atoms with van der Waals surface area (Å²) < 4.78 is 11.3. The van der Waals surface area contributed by atoms with E-state index < -0.39 is 29.9 Å². The molecule has 0 radical (unpaired) electrons. The lowest BCUT2D eigenvalue weighted by atomic mass is 9.91. The fourth-order valence-corrected chi connectivity index (χ4v) is 3.49. The van der Waals surface area contributed by atoms with Crippen LogP contribution in [0.1, 0.15) is 18.9 Å². The van der Waals surface area contributed by atoms with Gasteiger partial charge in [-0.25, -0.2) is 9.78 Å². The highest BCUT2D eigenvalue weighted by Gasteiger charge is 2.49. The summed E-state index contributed by atoms with van der Waals surface area (Å²) in [5.74, 6) is -0.0253. The van der Waals surface area contributed by atoms with Gasteiger partial charge >= 0.3 is 6.03 Å². The number of hydrogen-bond donors (Lipinski definition) is 2. The normalized spacial score (nSPS) is 20.5. The molecule has 1 fully saturated rings. The number of nitrogens with one attached hydrogen (secondary N) is 2. The van der Waals surface area contributed by atoms with Crippen molar-refractivity contribution in [3.05, 3.63) is 47.2 Å². The Morgan fingerprint density at radius 2 is 2.03 bits per heavy atom. The molecule has 9 nitrogen and oxygen atoms in total. The minimum Gasteiger partial charge on any atom is -0.490 e. The number of carbonyl (C=O) groups excluding carboxylic acids is 3. The Labute approximate surface area is 177 Å². The van der Waals surface area contributed by atoms with Crippen LogP contribution in [0.25, 0.3) is 0 Å². The smallest absolute Gasteiger partial charge is 0.325 e. The Hall–Kier alpha value is -3.33. The van der Waals surface area contributed by atoms with Crippen LogP contribution in [-0.2, 0) is 15.1 Å². The topological polar surface area (TPSA) is 110 Å². The maximum absolute atomic E-state index is 13.1. The summed E-state index contributed by atoms with van der Waals surface area (Å²) in [7, 11) is 0. The Bertz CT molecular complexity index is 1030. The highest BCUT2D eigenvalue weighted by Crippen LogP contribution is 2.36. The molecule has 4 rings (SSSR count). The number of benzene rings is 1. The van der Waals surface area contributed by atoms with Crippen molar-refractivity contribution in [2.45, 2.75) is 18.9 Å². The van der Waals surface area contributed by atoms with Crippen LogP contribution >= 0.6 is 11.6 Å². The number of imide groups is 1. The van der Waals surface area contributed by atoms with Crippen molar-refractivity contribution in [3.8, 4) is 11.5 Å². The van der Waals surface area contributed by atoms with Crippen molar-refractivity contribution in [2.75, 3.05) is 25.1 Å². The summed E-state index contributed by atoms with van der Waals surface area (Å²) in [5.41, 5.74) is -0.515. The van der Waals surface area contributed by atoms with Crippen LogP contribution in [0.2, 0.25) is 5.15 Å². The van der Waals surface area contributed by atoms with Crippen LogP contribution in [0.15, 0.2) is 36.5 Å². The average Bonchev–Trinajstić information content (AvgIpc) is 2.89. The van der Waals surface area contributed by atoms with E-state index in [0.29, 0.717) is 36.0 Å². The second-order valence-corrected chi connectivity index (χ2v) is 7.41. The molecule has 0 bridgehead atoms. The van der Waals surface area contributed by atoms with Gasteiger partial charge in [-0.05, 0) is 36.8 Å². The summed E-state index contributed by atoms with van der Waals surface area (Å²) >= 11 is 5.93. The Kier molecular flexibility index (Phi) is 5.21. The lowest BCUT2D eigenvalue weighted by molar-refractivity contribution is -0.133. The molecule has 2 aromatic rings. The fourth-order valence-electron chi connectivity index (χ4n) is 3.32. The van der Waals surface area contributed by atoms with Crippen molar-refractivity contribution >= 4 is 35.1 Å². The van der Waals surface area contributed by atoms with Crippen molar-refractivity contribution in [1.82, 2.24) is 15.2 Å². The van der Waals surface area contributed by atoms with Gasteiger partial charge in [-0.3, -0.25) is 14.5 Å². The van der Waals surface area contributed by atoms with Gasteiger partial charge in [0.2, 0.25) is 5.91 Å². The number of nitrogens with zero attached hydrogens (tertiary/aromatic N) is 2. The third kappa shape index (κ3) is 3.63. The molecule has 4 amide bonds. The van der Waals surface area contributed by atoms with Crippen LogP contribution in [0.4, 0.5) is 10.5 Å². The van der Waals surface area contributed by atoms with Gasteiger partial charge in [-0.1, -0.05) is 17.7 Å². The molecule has 2 aliphatic rings. The molecule has 1 aromatic heterocycles. The fraction of sp³-hybridized carbons (Fsp3) is 0.300. The number of anilines is 1. The van der Waals surface area contributed by atoms with Crippen LogP contribution in [0.3, 0.4) is 0 Å². The standard InChI is InChI=1S/C20H19ClN4O5/c1-20(12-5-6-14-15(10-12)30-9-3-8-29-14)18(27)25(19(28)24-20)11-16(26)23-13-4-2-7-22-17(13)21/h2,4-7,10H,3,8-9,11H2,1H3,(H,23,26)(H,24,28). The first-order chi connectivity index (χ1) is 14.4. The van der Waals surface area contributed by atoms with Crippen LogP contribution < -0.4 is 20.1 Å². The quantitative estimate of drug-likeness (QED) is 0.569. The number of rotatable bonds is 4. The largest absolute Gasteiger partial charge is 0.490 e. The molecule has 1 saturated heterocycles. The second kappa shape index (κ2) is 7.83. The third-order valence-electron chi connectivity index (χ3n) is 4.93. The SMILES string of the molecule is CC1(c2ccc3c(c2)OCCCO3)NC(=O)N(CC(=O)Nc2cccnc2Cl)C1=O. The number of pyridine rings is 1. The summed E-state index contributed by atoms with van der Waals surface area (Å²) in [6.45, 7) is 2.16. The molecule has 2 N–H and O–H groups in total. The summed E-state index contributed by atoms with van der Waals surface area (Å²) in [5, 5.41) is 5.33. The maximum Gasteiger partial charge on any atom is 0.325 e. The number of fused-ring (bicyclic) bond motifs is 1. The number of ether oxygens (including phenoxy) is 2.